The Kier molecular flexibility index (Phi) is 8.81. The molecule has 2 fully saturated rings. The summed E-state index contributed by atoms with van der Waals surface area (Å²) in [6, 6.07) is 12.4. The Morgan fingerprint density at radius 1 is 1.00 bits per heavy atom. The summed E-state index contributed by atoms with van der Waals surface area (Å²) in [5.41, 5.74) is 0.501. The number of ether oxygens (including phenoxy) is 1. The van der Waals surface area contributed by atoms with Gasteiger partial charge in [0.15, 0.2) is 0 Å². The fourth-order valence-corrected chi connectivity index (χ4v) is 5.46. The molecule has 206 valence electrons. The minimum Gasteiger partial charge on any atom is -0.497 e. The highest BCUT2D eigenvalue weighted by Crippen LogP contribution is 2.33. The Bertz CT molecular complexity index is 1100. The van der Waals surface area contributed by atoms with Crippen LogP contribution < -0.4 is 9.64 Å². The molecule has 2 atom stereocenters. The first-order chi connectivity index (χ1) is 18.1. The number of piperidine rings is 1. The van der Waals surface area contributed by atoms with Gasteiger partial charge < -0.3 is 19.6 Å². The molecule has 2 aromatic carbocycles. The van der Waals surface area contributed by atoms with Crippen LogP contribution in [0.3, 0.4) is 0 Å². The lowest BCUT2D eigenvalue weighted by atomic mass is 9.81. The van der Waals surface area contributed by atoms with Gasteiger partial charge in [-0.15, -0.1) is 0 Å². The van der Waals surface area contributed by atoms with Crippen molar-refractivity contribution < 1.29 is 32.6 Å². The van der Waals surface area contributed by atoms with Crippen molar-refractivity contribution in [3.63, 3.8) is 0 Å². The summed E-state index contributed by atoms with van der Waals surface area (Å²) >= 11 is 0. The maximum Gasteiger partial charge on any atom is 0.416 e. The number of amides is 1. The molecule has 10 heteroatoms. The molecule has 2 aromatic rings. The van der Waals surface area contributed by atoms with E-state index in [0.717, 1.165) is 19.0 Å². The minimum atomic E-state index is -4.37. The van der Waals surface area contributed by atoms with Crippen LogP contribution in [0, 0.1) is 11.8 Å². The number of piperazine rings is 1. The van der Waals surface area contributed by atoms with Crippen molar-refractivity contribution in [2.24, 2.45) is 11.8 Å². The van der Waals surface area contributed by atoms with Gasteiger partial charge in [0.1, 0.15) is 5.75 Å². The van der Waals surface area contributed by atoms with Gasteiger partial charge in [0, 0.05) is 56.9 Å². The first kappa shape index (κ1) is 27.8. The highest BCUT2D eigenvalue weighted by molar-refractivity contribution is 5.94. The van der Waals surface area contributed by atoms with Crippen LogP contribution in [0.2, 0.25) is 0 Å². The summed E-state index contributed by atoms with van der Waals surface area (Å²) in [5, 5.41) is 9.43. The zero-order valence-electron chi connectivity index (χ0n) is 21.5. The number of rotatable bonds is 8. The molecule has 38 heavy (non-hydrogen) atoms. The van der Waals surface area contributed by atoms with Gasteiger partial charge in [0.25, 0.3) is 5.91 Å². The van der Waals surface area contributed by atoms with Gasteiger partial charge in [-0.05, 0) is 73.7 Å². The van der Waals surface area contributed by atoms with Gasteiger partial charge in [-0.25, -0.2) is 0 Å². The van der Waals surface area contributed by atoms with Crippen LogP contribution in [0.15, 0.2) is 48.5 Å². The molecule has 4 rings (SSSR count). The van der Waals surface area contributed by atoms with Gasteiger partial charge in [-0.1, -0.05) is 6.07 Å². The molecule has 1 N–H and O–H groups in total. The summed E-state index contributed by atoms with van der Waals surface area (Å²) in [6.45, 7) is 4.44. The number of halogens is 3. The molecule has 0 bridgehead atoms. The Morgan fingerprint density at radius 3 is 2.34 bits per heavy atom. The Morgan fingerprint density at radius 2 is 1.71 bits per heavy atom. The van der Waals surface area contributed by atoms with E-state index in [9.17, 15) is 27.9 Å². The van der Waals surface area contributed by atoms with E-state index in [1.807, 2.05) is 9.80 Å². The average molecular weight is 534 g/mol. The first-order valence-electron chi connectivity index (χ1n) is 12.9. The smallest absolute Gasteiger partial charge is 0.416 e. The lowest BCUT2D eigenvalue weighted by molar-refractivity contribution is -0.139. The van der Waals surface area contributed by atoms with Crippen LogP contribution >= 0.6 is 0 Å². The molecule has 0 saturated carbocycles. The lowest BCUT2D eigenvalue weighted by Gasteiger charge is -2.40. The third kappa shape index (κ3) is 6.98. The number of benzene rings is 2. The number of carboxylic acid groups (broad SMARTS) is 1. The van der Waals surface area contributed by atoms with Crippen molar-refractivity contribution >= 4 is 17.6 Å². The second kappa shape index (κ2) is 12.1. The van der Waals surface area contributed by atoms with Crippen molar-refractivity contribution in [3.05, 3.63) is 59.7 Å². The zero-order chi connectivity index (χ0) is 27.3. The number of nitrogens with zero attached hydrogens (tertiary/aromatic N) is 3. The number of carbonyl (C=O) groups excluding carboxylic acids is 1. The molecule has 2 aliphatic heterocycles. The molecule has 0 spiro atoms. The minimum absolute atomic E-state index is 0.00110. The summed E-state index contributed by atoms with van der Waals surface area (Å²) < 4.78 is 44.5. The molecule has 7 nitrogen and oxygen atoms in total. The molecule has 1 amide bonds. The highest BCUT2D eigenvalue weighted by atomic mass is 19.4. The number of hydrogen-bond acceptors (Lipinski definition) is 5. The van der Waals surface area contributed by atoms with Gasteiger partial charge >= 0.3 is 12.1 Å². The molecule has 0 unspecified atom stereocenters. The molecule has 2 aliphatic rings. The normalized spacial score (nSPS) is 20.8. The number of anilines is 1. The monoisotopic (exact) mass is 533 g/mol. The van der Waals surface area contributed by atoms with Crippen LogP contribution in [0.5, 0.6) is 5.75 Å². The Hall–Kier alpha value is -3.27. The van der Waals surface area contributed by atoms with E-state index in [0.29, 0.717) is 62.7 Å². The third-order valence-electron chi connectivity index (χ3n) is 7.68. The zero-order valence-corrected chi connectivity index (χ0v) is 21.5. The summed E-state index contributed by atoms with van der Waals surface area (Å²) in [6.07, 6.45) is -2.89. The number of carboxylic acids is 1. The number of hydrogen-bond donors (Lipinski definition) is 1. The van der Waals surface area contributed by atoms with Crippen LogP contribution in [0.25, 0.3) is 0 Å². The van der Waals surface area contributed by atoms with E-state index in [-0.39, 0.29) is 24.2 Å². The lowest BCUT2D eigenvalue weighted by Crippen LogP contribution is -2.48. The van der Waals surface area contributed by atoms with Gasteiger partial charge in [-0.2, -0.15) is 13.2 Å². The molecule has 0 radical (unpaired) electrons. The van der Waals surface area contributed by atoms with E-state index >= 15 is 0 Å². The molecule has 2 heterocycles. The van der Waals surface area contributed by atoms with E-state index in [2.05, 4.69) is 4.90 Å². The Balaban J connectivity index is 1.33. The van der Waals surface area contributed by atoms with Crippen LogP contribution in [-0.2, 0) is 11.0 Å². The predicted octanol–water partition coefficient (Wildman–Crippen LogP) is 4.48. The highest BCUT2D eigenvalue weighted by Gasteiger charge is 2.34. The fourth-order valence-electron chi connectivity index (χ4n) is 5.46. The molecular formula is C28H34F3N3O4. The maximum absolute atomic E-state index is 13.1. The summed E-state index contributed by atoms with van der Waals surface area (Å²) in [4.78, 5) is 30.7. The number of likely N-dealkylation sites (tertiary alicyclic amines) is 1. The van der Waals surface area contributed by atoms with Gasteiger partial charge in [0.05, 0.1) is 12.7 Å². The topological polar surface area (TPSA) is 73.3 Å². The van der Waals surface area contributed by atoms with Crippen molar-refractivity contribution in [1.29, 1.82) is 0 Å². The molecular weight excluding hydrogens is 499 g/mol. The first-order valence-corrected chi connectivity index (χ1v) is 12.9. The SMILES string of the molecule is COc1ccc(C(=O)N2CC[C@@H](CC(=O)O)[C@@H](CCN3CCN(c4cccc(C(F)(F)F)c4)CC3)C2)cc1. The standard InChI is InChI=1S/C28H34F3N3O4/c1-38-25-7-5-20(6-8-25)27(37)34-12-10-21(17-26(35)36)22(19-34)9-11-32-13-15-33(16-14-32)24-4-2-3-23(18-24)28(29,30)31/h2-8,18,21-22H,9-17,19H2,1H3,(H,35,36)/t21-,22-/m0/s1. The second-order valence-electron chi connectivity index (χ2n) is 10.1. The Labute approximate surface area is 220 Å². The fraction of sp³-hybridized carbons (Fsp3) is 0.500. The van der Waals surface area contributed by atoms with Crippen molar-refractivity contribution in [2.45, 2.75) is 25.4 Å². The quantitative estimate of drug-likeness (QED) is 0.540. The van der Waals surface area contributed by atoms with Crippen LogP contribution in [-0.4, -0.2) is 79.7 Å². The summed E-state index contributed by atoms with van der Waals surface area (Å²) in [5.74, 6) is -0.166. The molecule has 0 aromatic heterocycles. The van der Waals surface area contributed by atoms with E-state index < -0.39 is 17.7 Å². The van der Waals surface area contributed by atoms with E-state index in [1.54, 1.807) is 37.4 Å². The van der Waals surface area contributed by atoms with Gasteiger partial charge in [0.2, 0.25) is 0 Å². The largest absolute Gasteiger partial charge is 0.497 e. The maximum atomic E-state index is 13.1. The molecule has 0 aliphatic carbocycles. The third-order valence-corrected chi connectivity index (χ3v) is 7.68. The summed E-state index contributed by atoms with van der Waals surface area (Å²) in [7, 11) is 1.57. The number of methoxy groups -OCH3 is 1. The van der Waals surface area contributed by atoms with E-state index in [1.165, 1.54) is 12.1 Å². The predicted molar refractivity (Wildman–Crippen MR) is 137 cm³/mol. The number of aliphatic carboxylic acids is 1. The number of alkyl halides is 3. The van der Waals surface area contributed by atoms with Crippen LogP contribution in [0.1, 0.15) is 35.2 Å². The van der Waals surface area contributed by atoms with Crippen molar-refractivity contribution in [1.82, 2.24) is 9.80 Å². The van der Waals surface area contributed by atoms with Crippen molar-refractivity contribution in [3.8, 4) is 5.75 Å². The van der Waals surface area contributed by atoms with E-state index in [4.69, 9.17) is 4.74 Å². The van der Waals surface area contributed by atoms with Crippen molar-refractivity contribution in [2.75, 3.05) is 57.8 Å². The number of carbonyl (C=O) groups is 2. The second-order valence-corrected chi connectivity index (χ2v) is 10.1. The van der Waals surface area contributed by atoms with Gasteiger partial charge in [-0.3, -0.25) is 14.5 Å². The molecule has 2 saturated heterocycles. The average Bonchev–Trinajstić information content (AvgIpc) is 2.92. The van der Waals surface area contributed by atoms with Crippen LogP contribution in [0.4, 0.5) is 18.9 Å².